The third kappa shape index (κ3) is 5.39. The van der Waals surface area contributed by atoms with Crippen LogP contribution >= 0.6 is 0 Å². The molecule has 23 heavy (non-hydrogen) atoms. The Morgan fingerprint density at radius 2 is 2.00 bits per heavy atom. The van der Waals surface area contributed by atoms with Crippen LogP contribution in [0.5, 0.6) is 0 Å². The Morgan fingerprint density at radius 3 is 2.61 bits per heavy atom. The Bertz CT molecular complexity index is 547. The van der Waals surface area contributed by atoms with E-state index in [0.29, 0.717) is 0 Å². The summed E-state index contributed by atoms with van der Waals surface area (Å²) >= 11 is 0. The number of nitrogens with zero attached hydrogens (tertiary/aromatic N) is 1. The molecule has 2 amide bonds. The minimum atomic E-state index is -0.0703. The summed E-state index contributed by atoms with van der Waals surface area (Å²) in [5, 5.41) is 6.16. The molecule has 1 aromatic rings. The number of carbonyl (C=O) groups excluding carboxylic acids is 1. The number of carbonyl (C=O) groups is 1. The third-order valence-electron chi connectivity index (χ3n) is 4.42. The molecule has 1 fully saturated rings. The van der Waals surface area contributed by atoms with Crippen LogP contribution < -0.4 is 10.6 Å². The zero-order valence-electron chi connectivity index (χ0n) is 14.6. The summed E-state index contributed by atoms with van der Waals surface area (Å²) in [5.41, 5.74) is 3.56. The number of aryl methyl sites for hydroxylation is 1. The first-order valence-electron chi connectivity index (χ1n) is 8.45. The van der Waals surface area contributed by atoms with Crippen LogP contribution in [0.3, 0.4) is 0 Å². The number of hydrogen-bond acceptors (Lipinski definition) is 2. The predicted molar refractivity (Wildman–Crippen MR) is 95.5 cm³/mol. The minimum absolute atomic E-state index is 0.0136. The number of amides is 2. The second kappa shape index (κ2) is 8.16. The van der Waals surface area contributed by atoms with Crippen LogP contribution in [0.25, 0.3) is 0 Å². The highest BCUT2D eigenvalue weighted by Gasteiger charge is 2.21. The monoisotopic (exact) mass is 315 g/mol. The van der Waals surface area contributed by atoms with Crippen LogP contribution in [0.15, 0.2) is 36.4 Å². The molecule has 1 saturated heterocycles. The summed E-state index contributed by atoms with van der Waals surface area (Å²) in [6, 6.07) is 8.37. The normalized spacial score (nSPS) is 17.5. The lowest BCUT2D eigenvalue weighted by Crippen LogP contribution is -2.48. The summed E-state index contributed by atoms with van der Waals surface area (Å²) in [5.74, 6) is 0. The van der Waals surface area contributed by atoms with Crippen molar-refractivity contribution in [2.24, 2.45) is 0 Å². The molecule has 2 rings (SSSR count). The smallest absolute Gasteiger partial charge is 0.315 e. The van der Waals surface area contributed by atoms with E-state index >= 15 is 0 Å². The Labute approximate surface area is 140 Å². The standard InChI is InChI=1S/C19H29N3O/c1-14(2)13-22-11-9-17(10-12-22)21-19(23)20-16(4)18-8-6-5-7-15(18)3/h5-8,16-17H,1,9-13H2,2-4H3,(H2,20,21,23). The molecule has 0 spiro atoms. The van der Waals surface area contributed by atoms with Gasteiger partial charge >= 0.3 is 6.03 Å². The number of hydrogen-bond donors (Lipinski definition) is 2. The molecule has 1 aliphatic rings. The zero-order valence-corrected chi connectivity index (χ0v) is 14.6. The van der Waals surface area contributed by atoms with E-state index in [9.17, 15) is 4.79 Å². The van der Waals surface area contributed by atoms with Gasteiger partial charge in [-0.3, -0.25) is 4.90 Å². The quantitative estimate of drug-likeness (QED) is 0.818. The Hall–Kier alpha value is -1.81. The number of urea groups is 1. The summed E-state index contributed by atoms with van der Waals surface area (Å²) < 4.78 is 0. The maximum absolute atomic E-state index is 12.2. The van der Waals surface area contributed by atoms with Gasteiger partial charge in [0, 0.05) is 25.7 Å². The van der Waals surface area contributed by atoms with Crippen LogP contribution in [-0.2, 0) is 0 Å². The van der Waals surface area contributed by atoms with E-state index in [1.165, 1.54) is 16.7 Å². The van der Waals surface area contributed by atoms with Gasteiger partial charge in [0.25, 0.3) is 0 Å². The second-order valence-corrected chi connectivity index (χ2v) is 6.70. The van der Waals surface area contributed by atoms with Gasteiger partial charge in [-0.15, -0.1) is 0 Å². The van der Waals surface area contributed by atoms with Gasteiger partial charge in [-0.1, -0.05) is 36.4 Å². The topological polar surface area (TPSA) is 44.4 Å². The molecule has 4 nitrogen and oxygen atoms in total. The molecule has 1 heterocycles. The van der Waals surface area contributed by atoms with Crippen molar-refractivity contribution in [2.45, 2.75) is 45.7 Å². The molecule has 1 atom stereocenters. The van der Waals surface area contributed by atoms with Gasteiger partial charge in [-0.25, -0.2) is 4.79 Å². The van der Waals surface area contributed by atoms with Gasteiger partial charge in [0.05, 0.1) is 6.04 Å². The van der Waals surface area contributed by atoms with Gasteiger partial charge in [0.1, 0.15) is 0 Å². The second-order valence-electron chi connectivity index (χ2n) is 6.70. The van der Waals surface area contributed by atoms with E-state index in [2.05, 4.69) is 48.1 Å². The number of nitrogens with one attached hydrogen (secondary N) is 2. The highest BCUT2D eigenvalue weighted by molar-refractivity contribution is 5.74. The summed E-state index contributed by atoms with van der Waals surface area (Å²) in [6.07, 6.45) is 2.00. The molecule has 0 radical (unpaired) electrons. The third-order valence-corrected chi connectivity index (χ3v) is 4.42. The van der Waals surface area contributed by atoms with Crippen molar-refractivity contribution >= 4 is 6.03 Å². The van der Waals surface area contributed by atoms with E-state index in [1.807, 2.05) is 19.1 Å². The molecule has 126 valence electrons. The zero-order chi connectivity index (χ0) is 16.8. The van der Waals surface area contributed by atoms with Crippen LogP contribution in [0, 0.1) is 6.92 Å². The van der Waals surface area contributed by atoms with Gasteiger partial charge < -0.3 is 10.6 Å². The first-order chi connectivity index (χ1) is 11.0. The summed E-state index contributed by atoms with van der Waals surface area (Å²) in [4.78, 5) is 14.6. The summed E-state index contributed by atoms with van der Waals surface area (Å²) in [6.45, 7) is 13.1. The lowest BCUT2D eigenvalue weighted by atomic mass is 10.0. The van der Waals surface area contributed by atoms with E-state index in [4.69, 9.17) is 0 Å². The molecule has 0 bridgehead atoms. The van der Waals surface area contributed by atoms with Crippen molar-refractivity contribution < 1.29 is 4.79 Å². The number of piperidine rings is 1. The largest absolute Gasteiger partial charge is 0.335 e. The fourth-order valence-corrected chi connectivity index (χ4v) is 3.19. The lowest BCUT2D eigenvalue weighted by molar-refractivity contribution is 0.200. The van der Waals surface area contributed by atoms with Crippen molar-refractivity contribution in [2.75, 3.05) is 19.6 Å². The van der Waals surface area contributed by atoms with Gasteiger partial charge in [0.15, 0.2) is 0 Å². The first kappa shape index (κ1) is 17.5. The van der Waals surface area contributed by atoms with E-state index in [-0.39, 0.29) is 18.1 Å². The molecule has 2 N–H and O–H groups in total. The molecule has 1 aliphatic heterocycles. The van der Waals surface area contributed by atoms with Crippen molar-refractivity contribution in [3.63, 3.8) is 0 Å². The Morgan fingerprint density at radius 1 is 1.35 bits per heavy atom. The molecule has 1 unspecified atom stereocenters. The molecule has 0 aromatic heterocycles. The van der Waals surface area contributed by atoms with Crippen LogP contribution in [0.2, 0.25) is 0 Å². The van der Waals surface area contributed by atoms with E-state index < -0.39 is 0 Å². The fourth-order valence-electron chi connectivity index (χ4n) is 3.19. The van der Waals surface area contributed by atoms with E-state index in [0.717, 1.165) is 32.5 Å². The van der Waals surface area contributed by atoms with Gasteiger partial charge in [-0.05, 0) is 44.7 Å². The number of likely N-dealkylation sites (tertiary alicyclic amines) is 1. The van der Waals surface area contributed by atoms with Gasteiger partial charge in [-0.2, -0.15) is 0 Å². The van der Waals surface area contributed by atoms with Crippen molar-refractivity contribution in [1.29, 1.82) is 0 Å². The van der Waals surface area contributed by atoms with Crippen LogP contribution in [0.4, 0.5) is 4.79 Å². The lowest BCUT2D eigenvalue weighted by Gasteiger charge is -2.32. The predicted octanol–water partition coefficient (Wildman–Crippen LogP) is 3.40. The molecular weight excluding hydrogens is 286 g/mol. The molecule has 0 aliphatic carbocycles. The van der Waals surface area contributed by atoms with Crippen molar-refractivity contribution in [1.82, 2.24) is 15.5 Å². The Balaban J connectivity index is 1.77. The number of benzene rings is 1. The fraction of sp³-hybridized carbons (Fsp3) is 0.526. The highest BCUT2D eigenvalue weighted by atomic mass is 16.2. The van der Waals surface area contributed by atoms with Crippen LogP contribution in [-0.4, -0.2) is 36.6 Å². The molecule has 0 saturated carbocycles. The van der Waals surface area contributed by atoms with Crippen LogP contribution in [0.1, 0.15) is 43.9 Å². The minimum Gasteiger partial charge on any atom is -0.335 e. The van der Waals surface area contributed by atoms with Gasteiger partial charge in [0.2, 0.25) is 0 Å². The maximum atomic E-state index is 12.2. The first-order valence-corrected chi connectivity index (χ1v) is 8.45. The summed E-state index contributed by atoms with van der Waals surface area (Å²) in [7, 11) is 0. The maximum Gasteiger partial charge on any atom is 0.315 e. The highest BCUT2D eigenvalue weighted by Crippen LogP contribution is 2.17. The average molecular weight is 315 g/mol. The SMILES string of the molecule is C=C(C)CN1CCC(NC(=O)NC(C)c2ccccc2C)CC1. The van der Waals surface area contributed by atoms with E-state index in [1.54, 1.807) is 0 Å². The Kier molecular flexibility index (Phi) is 6.22. The molecule has 4 heteroatoms. The van der Waals surface area contributed by atoms with Crippen molar-refractivity contribution in [3.05, 3.63) is 47.5 Å². The number of rotatable bonds is 5. The molecule has 1 aromatic carbocycles. The van der Waals surface area contributed by atoms with Crippen molar-refractivity contribution in [3.8, 4) is 0 Å². The average Bonchev–Trinajstić information content (AvgIpc) is 2.49. The molecular formula is C19H29N3O.